The van der Waals surface area contributed by atoms with Crippen LogP contribution in [0.3, 0.4) is 0 Å². The normalized spacial score (nSPS) is 13.8. The number of rotatable bonds is 8. The summed E-state index contributed by atoms with van der Waals surface area (Å²) < 4.78 is 15.0. The molecular weight excluding hydrogens is 471 g/mol. The second-order valence-corrected chi connectivity index (χ2v) is 8.20. The molecule has 2 heterocycles. The number of oxime groups is 1. The van der Waals surface area contributed by atoms with Gasteiger partial charge in [-0.1, -0.05) is 23.4 Å². The molecule has 2 amide bonds. The fraction of sp³-hybridized carbons (Fsp3) is 0.391. The molecule has 0 saturated carbocycles. The average molecular weight is 501 g/mol. The maximum absolute atomic E-state index is 15.0. The number of piperidine rings is 1. The van der Waals surface area contributed by atoms with Gasteiger partial charge in [0.15, 0.2) is 5.96 Å². The average Bonchev–Trinajstić information content (AvgIpc) is 2.86. The number of halogens is 1. The van der Waals surface area contributed by atoms with E-state index in [4.69, 9.17) is 15.7 Å². The second kappa shape index (κ2) is 12.4. The van der Waals surface area contributed by atoms with Crippen molar-refractivity contribution in [2.24, 2.45) is 15.9 Å². The van der Waals surface area contributed by atoms with Gasteiger partial charge in [-0.05, 0) is 0 Å². The number of nitrogens with one attached hydrogen (secondary N) is 1. The van der Waals surface area contributed by atoms with E-state index in [0.717, 1.165) is 5.71 Å². The number of guanidine groups is 1. The summed E-state index contributed by atoms with van der Waals surface area (Å²) in [5.41, 5.74) is 7.42. The molecule has 4 N–H and O–H groups in total. The highest BCUT2D eigenvalue weighted by Gasteiger charge is 2.19. The number of carbonyl (C=O) groups excluding carboxylic acids is 1. The lowest BCUT2D eigenvalue weighted by atomic mass is 10.0. The smallest absolute Gasteiger partial charge is 0.411 e. The Hall–Kier alpha value is -4.29. The number of carbonyl (C=O) groups is 2. The fourth-order valence-corrected chi connectivity index (χ4v) is 3.42. The Morgan fingerprint density at radius 3 is 2.58 bits per heavy atom. The number of hydrogen-bond acceptors (Lipinski definition) is 8. The van der Waals surface area contributed by atoms with Crippen molar-refractivity contribution in [3.05, 3.63) is 42.0 Å². The van der Waals surface area contributed by atoms with E-state index in [9.17, 15) is 9.59 Å². The van der Waals surface area contributed by atoms with Crippen molar-refractivity contribution in [2.45, 2.75) is 25.8 Å². The largest absolute Gasteiger partial charge is 0.465 e. The highest BCUT2D eigenvalue weighted by molar-refractivity contribution is 5.92. The van der Waals surface area contributed by atoms with Crippen molar-refractivity contribution in [3.8, 4) is 11.1 Å². The SMILES string of the molecule is CN(C)C(=O)CCON=C1CCN(c2ncc(-c3cccc(CN=C(N)NC(=O)O)c3F)cn2)CC1. The minimum absolute atomic E-state index is 0.0107. The van der Waals surface area contributed by atoms with Gasteiger partial charge in [0.25, 0.3) is 0 Å². The summed E-state index contributed by atoms with van der Waals surface area (Å²) in [7, 11) is 3.40. The monoisotopic (exact) mass is 500 g/mol. The summed E-state index contributed by atoms with van der Waals surface area (Å²) in [5.74, 6) is -0.306. The van der Waals surface area contributed by atoms with Crippen molar-refractivity contribution >= 4 is 29.6 Å². The topological polar surface area (TPSA) is 159 Å². The summed E-state index contributed by atoms with van der Waals surface area (Å²) in [6.45, 7) is 1.43. The molecule has 1 aromatic heterocycles. The fourth-order valence-electron chi connectivity index (χ4n) is 3.42. The van der Waals surface area contributed by atoms with E-state index >= 15 is 4.39 Å². The predicted octanol–water partition coefficient (Wildman–Crippen LogP) is 1.82. The van der Waals surface area contributed by atoms with E-state index < -0.39 is 11.9 Å². The molecule has 3 rings (SSSR count). The van der Waals surface area contributed by atoms with Crippen LogP contribution in [0.2, 0.25) is 0 Å². The molecular formula is C23H29FN8O4. The van der Waals surface area contributed by atoms with Crippen molar-refractivity contribution in [3.63, 3.8) is 0 Å². The third kappa shape index (κ3) is 7.35. The summed E-state index contributed by atoms with van der Waals surface area (Å²) in [4.78, 5) is 43.6. The first-order chi connectivity index (χ1) is 17.2. The highest BCUT2D eigenvalue weighted by Crippen LogP contribution is 2.25. The van der Waals surface area contributed by atoms with Gasteiger partial charge in [0.2, 0.25) is 11.9 Å². The van der Waals surface area contributed by atoms with E-state index in [2.05, 4.69) is 20.1 Å². The first-order valence-corrected chi connectivity index (χ1v) is 11.3. The molecule has 0 atom stereocenters. The zero-order valence-electron chi connectivity index (χ0n) is 20.1. The molecule has 1 aromatic carbocycles. The highest BCUT2D eigenvalue weighted by atomic mass is 19.1. The Labute approximate surface area is 207 Å². The lowest BCUT2D eigenvalue weighted by Gasteiger charge is -2.27. The van der Waals surface area contributed by atoms with E-state index in [1.165, 1.54) is 4.90 Å². The minimum Gasteiger partial charge on any atom is -0.465 e. The molecule has 1 fully saturated rings. The Balaban J connectivity index is 1.57. The van der Waals surface area contributed by atoms with Crippen LogP contribution >= 0.6 is 0 Å². The van der Waals surface area contributed by atoms with Crippen LogP contribution in [0.5, 0.6) is 0 Å². The van der Waals surface area contributed by atoms with Crippen molar-refractivity contribution in [1.29, 1.82) is 0 Å². The van der Waals surface area contributed by atoms with Crippen LogP contribution in [-0.2, 0) is 16.2 Å². The standard InChI is InChI=1S/C23H29FN8O4/c1-31(2)19(33)8-11-36-30-17-6-9-32(10-7-17)22-27-13-16(14-28-22)18-5-3-4-15(20(18)24)12-26-21(25)29-23(34)35/h3-5,13-14H,6-12H2,1-2H3,(H,34,35)(H3,25,26,29). The molecule has 0 spiro atoms. The summed E-state index contributed by atoms with van der Waals surface area (Å²) >= 11 is 0. The van der Waals surface area contributed by atoms with Gasteiger partial charge in [0.1, 0.15) is 12.4 Å². The van der Waals surface area contributed by atoms with Crippen molar-refractivity contribution in [2.75, 3.05) is 38.7 Å². The zero-order valence-corrected chi connectivity index (χ0v) is 20.1. The maximum atomic E-state index is 15.0. The third-order valence-electron chi connectivity index (χ3n) is 5.41. The summed E-state index contributed by atoms with van der Waals surface area (Å²) in [6, 6.07) is 4.82. The van der Waals surface area contributed by atoms with E-state index in [-0.39, 0.29) is 37.0 Å². The lowest BCUT2D eigenvalue weighted by molar-refractivity contribution is -0.129. The number of benzene rings is 1. The first kappa shape index (κ1) is 26.3. The third-order valence-corrected chi connectivity index (χ3v) is 5.41. The molecule has 0 aliphatic carbocycles. The Bertz CT molecular complexity index is 1130. The Morgan fingerprint density at radius 1 is 1.25 bits per heavy atom. The molecule has 0 bridgehead atoms. The second-order valence-electron chi connectivity index (χ2n) is 8.20. The first-order valence-electron chi connectivity index (χ1n) is 11.3. The Morgan fingerprint density at radius 2 is 1.94 bits per heavy atom. The van der Waals surface area contributed by atoms with Gasteiger partial charge >= 0.3 is 6.09 Å². The molecule has 13 heteroatoms. The molecule has 36 heavy (non-hydrogen) atoms. The molecule has 0 radical (unpaired) electrons. The van der Waals surface area contributed by atoms with Crippen LogP contribution in [0.4, 0.5) is 15.1 Å². The van der Waals surface area contributed by atoms with Crippen molar-refractivity contribution < 1.29 is 23.9 Å². The van der Waals surface area contributed by atoms with Crippen LogP contribution in [0.25, 0.3) is 11.1 Å². The van der Waals surface area contributed by atoms with Gasteiger partial charge < -0.3 is 25.5 Å². The minimum atomic E-state index is -1.35. The number of amides is 2. The number of carboxylic acid groups (broad SMARTS) is 1. The van der Waals surface area contributed by atoms with E-state index in [1.54, 1.807) is 44.7 Å². The Kier molecular flexibility index (Phi) is 9.08. The van der Waals surface area contributed by atoms with Gasteiger partial charge in [-0.25, -0.2) is 24.1 Å². The molecule has 0 unspecified atom stereocenters. The summed E-state index contributed by atoms with van der Waals surface area (Å²) in [6.07, 6.45) is 3.42. The number of hydrogen-bond donors (Lipinski definition) is 3. The molecule has 1 saturated heterocycles. The van der Waals surface area contributed by atoms with Crippen LogP contribution in [-0.4, -0.2) is 77.4 Å². The number of aromatic nitrogens is 2. The summed E-state index contributed by atoms with van der Waals surface area (Å²) in [5, 5.41) is 14.7. The molecule has 1 aliphatic rings. The van der Waals surface area contributed by atoms with Gasteiger partial charge in [-0.2, -0.15) is 0 Å². The zero-order chi connectivity index (χ0) is 26.1. The van der Waals surface area contributed by atoms with E-state index in [0.29, 0.717) is 43.0 Å². The van der Waals surface area contributed by atoms with Gasteiger partial charge in [-0.15, -0.1) is 0 Å². The van der Waals surface area contributed by atoms with Gasteiger partial charge in [-0.3, -0.25) is 10.1 Å². The van der Waals surface area contributed by atoms with E-state index in [1.807, 2.05) is 10.2 Å². The predicted molar refractivity (Wildman–Crippen MR) is 132 cm³/mol. The number of nitrogens with zero attached hydrogens (tertiary/aromatic N) is 6. The maximum Gasteiger partial charge on any atom is 0.411 e. The molecule has 1 aliphatic heterocycles. The van der Waals surface area contributed by atoms with Gasteiger partial charge in [0.05, 0.1) is 18.7 Å². The van der Waals surface area contributed by atoms with Crippen LogP contribution < -0.4 is 16.0 Å². The lowest BCUT2D eigenvalue weighted by Crippen LogP contribution is -2.35. The number of aliphatic imine (C=N–C) groups is 1. The van der Waals surface area contributed by atoms with Gasteiger partial charge in [0, 0.05) is 69.1 Å². The number of nitrogens with two attached hydrogens (primary N) is 1. The van der Waals surface area contributed by atoms with Crippen LogP contribution in [0.15, 0.2) is 40.7 Å². The van der Waals surface area contributed by atoms with Crippen molar-refractivity contribution in [1.82, 2.24) is 20.2 Å². The number of anilines is 1. The van der Waals surface area contributed by atoms with Crippen LogP contribution in [0, 0.1) is 5.82 Å². The quantitative estimate of drug-likeness (QED) is 0.214. The molecule has 2 aromatic rings. The molecule has 192 valence electrons. The molecule has 12 nitrogen and oxygen atoms in total. The van der Waals surface area contributed by atoms with Crippen LogP contribution in [0.1, 0.15) is 24.8 Å².